The molecule has 6 heteroatoms. The molecule has 1 atom stereocenters. The van der Waals surface area contributed by atoms with E-state index in [4.69, 9.17) is 0 Å². The summed E-state index contributed by atoms with van der Waals surface area (Å²) in [5.41, 5.74) is 3.53. The number of amides is 1. The summed E-state index contributed by atoms with van der Waals surface area (Å²) in [6, 6.07) is 8.40. The van der Waals surface area contributed by atoms with Crippen LogP contribution in [0.5, 0.6) is 0 Å². The zero-order valence-corrected chi connectivity index (χ0v) is 13.7. The van der Waals surface area contributed by atoms with Gasteiger partial charge in [-0.25, -0.2) is 0 Å². The minimum absolute atomic E-state index is 0.150. The lowest BCUT2D eigenvalue weighted by molar-refractivity contribution is -0.141. The molecule has 3 N–H and O–H groups in total. The normalized spacial score (nSPS) is 11.8. The maximum atomic E-state index is 12.2. The maximum Gasteiger partial charge on any atom is 0.321 e. The molecule has 1 amide bonds. The number of carboxylic acid groups (broad SMARTS) is 1. The van der Waals surface area contributed by atoms with Gasteiger partial charge in [-0.2, -0.15) is 0 Å². The SMILES string of the molecule is Cc1ccc(C)c(NC(=O)C[C@@H](NCc2cccnc2)C(=O)O)c1. The van der Waals surface area contributed by atoms with Crippen LogP contribution in [0.2, 0.25) is 0 Å². The van der Waals surface area contributed by atoms with Gasteiger partial charge in [0.05, 0.1) is 6.42 Å². The Labute approximate surface area is 140 Å². The number of aliphatic carboxylic acids is 1. The van der Waals surface area contributed by atoms with Gasteiger partial charge in [-0.05, 0) is 42.7 Å². The van der Waals surface area contributed by atoms with E-state index >= 15 is 0 Å². The van der Waals surface area contributed by atoms with E-state index in [0.29, 0.717) is 12.2 Å². The lowest BCUT2D eigenvalue weighted by atomic mass is 10.1. The summed E-state index contributed by atoms with van der Waals surface area (Å²) in [6.45, 7) is 4.16. The molecular formula is C18H21N3O3. The molecule has 126 valence electrons. The van der Waals surface area contributed by atoms with Crippen LogP contribution in [-0.2, 0) is 16.1 Å². The summed E-state index contributed by atoms with van der Waals surface area (Å²) in [5.74, 6) is -1.40. The van der Waals surface area contributed by atoms with Crippen LogP contribution in [0.25, 0.3) is 0 Å². The third-order valence-electron chi connectivity index (χ3n) is 3.63. The number of anilines is 1. The molecule has 2 aromatic rings. The molecule has 0 saturated heterocycles. The minimum Gasteiger partial charge on any atom is -0.480 e. The van der Waals surface area contributed by atoms with E-state index in [1.807, 2.05) is 38.1 Å². The molecule has 1 aromatic carbocycles. The van der Waals surface area contributed by atoms with Gasteiger partial charge >= 0.3 is 5.97 Å². The van der Waals surface area contributed by atoms with Crippen molar-refractivity contribution in [3.63, 3.8) is 0 Å². The second-order valence-electron chi connectivity index (χ2n) is 5.70. The molecule has 0 bridgehead atoms. The highest BCUT2D eigenvalue weighted by atomic mass is 16.4. The highest BCUT2D eigenvalue weighted by molar-refractivity contribution is 5.94. The first-order valence-corrected chi connectivity index (χ1v) is 7.68. The Kier molecular flexibility index (Phi) is 6.03. The molecule has 0 saturated carbocycles. The number of rotatable bonds is 7. The van der Waals surface area contributed by atoms with Gasteiger partial charge in [0, 0.05) is 24.6 Å². The highest BCUT2D eigenvalue weighted by Gasteiger charge is 2.21. The predicted molar refractivity (Wildman–Crippen MR) is 91.7 cm³/mol. The topological polar surface area (TPSA) is 91.3 Å². The average molecular weight is 327 g/mol. The van der Waals surface area contributed by atoms with Gasteiger partial charge < -0.3 is 10.4 Å². The molecule has 6 nitrogen and oxygen atoms in total. The fourth-order valence-corrected chi connectivity index (χ4v) is 2.25. The van der Waals surface area contributed by atoms with Gasteiger partial charge in [-0.1, -0.05) is 18.2 Å². The number of hydrogen-bond donors (Lipinski definition) is 3. The molecule has 24 heavy (non-hydrogen) atoms. The van der Waals surface area contributed by atoms with E-state index in [0.717, 1.165) is 16.7 Å². The average Bonchev–Trinajstić information content (AvgIpc) is 2.55. The van der Waals surface area contributed by atoms with Crippen molar-refractivity contribution in [1.82, 2.24) is 10.3 Å². The molecule has 0 spiro atoms. The first kappa shape index (κ1) is 17.6. The monoisotopic (exact) mass is 327 g/mol. The van der Waals surface area contributed by atoms with Crippen LogP contribution >= 0.6 is 0 Å². The van der Waals surface area contributed by atoms with E-state index in [9.17, 15) is 14.7 Å². The molecule has 0 unspecified atom stereocenters. The minimum atomic E-state index is -1.06. The number of aromatic nitrogens is 1. The lowest BCUT2D eigenvalue weighted by Crippen LogP contribution is -2.39. The van der Waals surface area contributed by atoms with Gasteiger partial charge in [-0.15, -0.1) is 0 Å². The number of nitrogens with zero attached hydrogens (tertiary/aromatic N) is 1. The third-order valence-corrected chi connectivity index (χ3v) is 3.63. The Morgan fingerprint density at radius 3 is 2.71 bits per heavy atom. The van der Waals surface area contributed by atoms with Crippen LogP contribution in [-0.4, -0.2) is 28.0 Å². The van der Waals surface area contributed by atoms with Gasteiger partial charge in [0.2, 0.25) is 5.91 Å². The van der Waals surface area contributed by atoms with Crippen LogP contribution in [0.3, 0.4) is 0 Å². The fourth-order valence-electron chi connectivity index (χ4n) is 2.25. The van der Waals surface area contributed by atoms with Gasteiger partial charge in [0.1, 0.15) is 6.04 Å². The second kappa shape index (κ2) is 8.21. The van der Waals surface area contributed by atoms with E-state index in [2.05, 4.69) is 15.6 Å². The number of carbonyl (C=O) groups is 2. The summed E-state index contributed by atoms with van der Waals surface area (Å²) >= 11 is 0. The molecular weight excluding hydrogens is 306 g/mol. The van der Waals surface area contributed by atoms with E-state index in [1.54, 1.807) is 18.5 Å². The molecule has 2 rings (SSSR count). The summed E-state index contributed by atoms with van der Waals surface area (Å²) in [5, 5.41) is 15.0. The summed E-state index contributed by atoms with van der Waals surface area (Å²) in [7, 11) is 0. The third kappa shape index (κ3) is 5.17. The summed E-state index contributed by atoms with van der Waals surface area (Å²) in [4.78, 5) is 27.5. The zero-order chi connectivity index (χ0) is 17.5. The molecule has 0 aliphatic rings. The number of nitrogens with one attached hydrogen (secondary N) is 2. The van der Waals surface area contributed by atoms with Crippen LogP contribution < -0.4 is 10.6 Å². The Bertz CT molecular complexity index is 717. The van der Waals surface area contributed by atoms with Crippen molar-refractivity contribution in [1.29, 1.82) is 0 Å². The van der Waals surface area contributed by atoms with Crippen molar-refractivity contribution < 1.29 is 14.7 Å². The lowest BCUT2D eigenvalue weighted by Gasteiger charge is -2.15. The quantitative estimate of drug-likeness (QED) is 0.725. The van der Waals surface area contributed by atoms with E-state index < -0.39 is 12.0 Å². The summed E-state index contributed by atoms with van der Waals surface area (Å²) in [6.07, 6.45) is 3.15. The van der Waals surface area contributed by atoms with Crippen LogP contribution in [0.15, 0.2) is 42.7 Å². The van der Waals surface area contributed by atoms with Crippen molar-refractivity contribution in [2.24, 2.45) is 0 Å². The standard InChI is InChI=1S/C18H21N3O3/c1-12-5-6-13(2)15(8-12)21-17(22)9-16(18(23)24)20-11-14-4-3-7-19-10-14/h3-8,10,16,20H,9,11H2,1-2H3,(H,21,22)(H,23,24)/t16-/m1/s1. The number of carboxylic acids is 1. The van der Waals surface area contributed by atoms with E-state index in [1.165, 1.54) is 0 Å². The number of hydrogen-bond acceptors (Lipinski definition) is 4. The van der Waals surface area contributed by atoms with Crippen molar-refractivity contribution >= 4 is 17.6 Å². The number of benzene rings is 1. The van der Waals surface area contributed by atoms with Crippen LogP contribution in [0.4, 0.5) is 5.69 Å². The smallest absolute Gasteiger partial charge is 0.321 e. The first-order chi connectivity index (χ1) is 11.5. The molecule has 0 aliphatic heterocycles. The van der Waals surface area contributed by atoms with E-state index in [-0.39, 0.29) is 12.3 Å². The Balaban J connectivity index is 1.95. The highest BCUT2D eigenvalue weighted by Crippen LogP contribution is 2.16. The number of pyridine rings is 1. The second-order valence-corrected chi connectivity index (χ2v) is 5.70. The predicted octanol–water partition coefficient (Wildman–Crippen LogP) is 2.27. The number of carbonyl (C=O) groups excluding carboxylic acids is 1. The number of aryl methyl sites for hydroxylation is 2. The first-order valence-electron chi connectivity index (χ1n) is 7.68. The molecule has 0 fully saturated rings. The van der Waals surface area contributed by atoms with Crippen molar-refractivity contribution in [3.8, 4) is 0 Å². The summed E-state index contributed by atoms with van der Waals surface area (Å²) < 4.78 is 0. The van der Waals surface area contributed by atoms with Crippen molar-refractivity contribution in [2.45, 2.75) is 32.9 Å². The molecule has 1 heterocycles. The fraction of sp³-hybridized carbons (Fsp3) is 0.278. The Hall–Kier alpha value is -2.73. The van der Waals surface area contributed by atoms with Crippen LogP contribution in [0, 0.1) is 13.8 Å². The van der Waals surface area contributed by atoms with Crippen molar-refractivity contribution in [3.05, 3.63) is 59.4 Å². The van der Waals surface area contributed by atoms with Gasteiger partial charge in [-0.3, -0.25) is 19.9 Å². The van der Waals surface area contributed by atoms with Crippen molar-refractivity contribution in [2.75, 3.05) is 5.32 Å². The largest absolute Gasteiger partial charge is 0.480 e. The molecule has 1 aromatic heterocycles. The Morgan fingerprint density at radius 1 is 1.25 bits per heavy atom. The molecule has 0 radical (unpaired) electrons. The van der Waals surface area contributed by atoms with Gasteiger partial charge in [0.15, 0.2) is 0 Å². The molecule has 0 aliphatic carbocycles. The maximum absolute atomic E-state index is 12.2. The Morgan fingerprint density at radius 2 is 2.04 bits per heavy atom. The van der Waals surface area contributed by atoms with Crippen LogP contribution in [0.1, 0.15) is 23.1 Å². The zero-order valence-electron chi connectivity index (χ0n) is 13.7. The van der Waals surface area contributed by atoms with Gasteiger partial charge in [0.25, 0.3) is 0 Å².